The standard InChI is InChI=1S/C9H6N2O4/c12-7-6(9(14)15)10-5-3-1-2-4-11(5)8(7)13/h1-4,12H,(H,14,15). The molecule has 0 radical (unpaired) electrons. The van der Waals surface area contributed by atoms with E-state index in [0.29, 0.717) is 0 Å². The van der Waals surface area contributed by atoms with Gasteiger partial charge in [0.15, 0.2) is 5.69 Å². The van der Waals surface area contributed by atoms with Crippen LogP contribution in [0.3, 0.4) is 0 Å². The predicted octanol–water partition coefficient (Wildman–Crippen LogP) is 0.0983. The van der Waals surface area contributed by atoms with Gasteiger partial charge in [0.25, 0.3) is 0 Å². The van der Waals surface area contributed by atoms with Gasteiger partial charge in [-0.1, -0.05) is 6.07 Å². The second-order valence-electron chi connectivity index (χ2n) is 2.85. The number of carboxylic acids is 1. The number of pyridine rings is 1. The summed E-state index contributed by atoms with van der Waals surface area (Å²) in [5.74, 6) is -2.29. The van der Waals surface area contributed by atoms with Gasteiger partial charge in [0, 0.05) is 6.20 Å². The van der Waals surface area contributed by atoms with Gasteiger partial charge in [-0.05, 0) is 12.1 Å². The zero-order chi connectivity index (χ0) is 11.0. The van der Waals surface area contributed by atoms with Gasteiger partial charge in [-0.25, -0.2) is 9.78 Å². The van der Waals surface area contributed by atoms with Gasteiger partial charge in [-0.2, -0.15) is 0 Å². The van der Waals surface area contributed by atoms with Crippen molar-refractivity contribution in [3.63, 3.8) is 0 Å². The van der Waals surface area contributed by atoms with Gasteiger partial charge in [0.1, 0.15) is 5.65 Å². The molecule has 0 saturated carbocycles. The number of hydrogen-bond donors (Lipinski definition) is 2. The Morgan fingerprint density at radius 2 is 2.13 bits per heavy atom. The lowest BCUT2D eigenvalue weighted by Crippen LogP contribution is -2.18. The number of carboxylic acid groups (broad SMARTS) is 1. The van der Waals surface area contributed by atoms with Crippen molar-refractivity contribution in [3.05, 3.63) is 40.4 Å². The van der Waals surface area contributed by atoms with E-state index in [1.807, 2.05) is 0 Å². The number of aromatic carboxylic acids is 1. The lowest BCUT2D eigenvalue weighted by Gasteiger charge is -2.02. The van der Waals surface area contributed by atoms with Crippen LogP contribution in [0.4, 0.5) is 0 Å². The molecule has 0 fully saturated rings. The van der Waals surface area contributed by atoms with Crippen LogP contribution >= 0.6 is 0 Å². The third-order valence-electron chi connectivity index (χ3n) is 1.91. The molecule has 6 nitrogen and oxygen atoms in total. The van der Waals surface area contributed by atoms with Crippen LogP contribution in [0.1, 0.15) is 10.5 Å². The van der Waals surface area contributed by atoms with Crippen molar-refractivity contribution >= 4 is 11.6 Å². The molecule has 0 spiro atoms. The minimum absolute atomic E-state index is 0.178. The fourth-order valence-corrected chi connectivity index (χ4v) is 1.23. The minimum atomic E-state index is -1.43. The van der Waals surface area contributed by atoms with E-state index >= 15 is 0 Å². The first-order valence-corrected chi connectivity index (χ1v) is 4.05. The molecule has 2 N–H and O–H groups in total. The Morgan fingerprint density at radius 1 is 1.40 bits per heavy atom. The van der Waals surface area contributed by atoms with Crippen molar-refractivity contribution in [1.82, 2.24) is 9.38 Å². The average Bonchev–Trinajstić information content (AvgIpc) is 2.23. The number of aromatic nitrogens is 2. The Labute approximate surface area is 83.1 Å². The Balaban J connectivity index is 2.95. The van der Waals surface area contributed by atoms with Crippen molar-refractivity contribution in [2.24, 2.45) is 0 Å². The number of rotatable bonds is 1. The van der Waals surface area contributed by atoms with Gasteiger partial charge in [-0.3, -0.25) is 9.20 Å². The van der Waals surface area contributed by atoms with E-state index in [1.165, 1.54) is 12.3 Å². The molecule has 0 aromatic carbocycles. The maximum absolute atomic E-state index is 11.5. The van der Waals surface area contributed by atoms with Crippen LogP contribution in [-0.2, 0) is 0 Å². The second-order valence-corrected chi connectivity index (χ2v) is 2.85. The van der Waals surface area contributed by atoms with Crippen LogP contribution in [0.25, 0.3) is 5.65 Å². The SMILES string of the molecule is O=C(O)c1nc2ccccn2c(=O)c1O. The maximum Gasteiger partial charge on any atom is 0.358 e. The highest BCUT2D eigenvalue weighted by atomic mass is 16.4. The van der Waals surface area contributed by atoms with Crippen LogP contribution in [-0.4, -0.2) is 25.6 Å². The first-order valence-electron chi connectivity index (χ1n) is 4.05. The summed E-state index contributed by atoms with van der Waals surface area (Å²) in [6, 6.07) is 4.67. The van der Waals surface area contributed by atoms with Crippen LogP contribution in [0, 0.1) is 0 Å². The van der Waals surface area contributed by atoms with E-state index in [-0.39, 0.29) is 5.65 Å². The number of nitrogens with zero attached hydrogens (tertiary/aromatic N) is 2. The summed E-state index contributed by atoms with van der Waals surface area (Å²) in [6.45, 7) is 0. The van der Waals surface area contributed by atoms with Crippen LogP contribution in [0.15, 0.2) is 29.2 Å². The number of fused-ring (bicyclic) bond motifs is 1. The maximum atomic E-state index is 11.5. The average molecular weight is 206 g/mol. The fourth-order valence-electron chi connectivity index (χ4n) is 1.23. The minimum Gasteiger partial charge on any atom is -0.501 e. The smallest absolute Gasteiger partial charge is 0.358 e. The summed E-state index contributed by atoms with van der Waals surface area (Å²) in [6.07, 6.45) is 1.40. The van der Waals surface area contributed by atoms with Crippen molar-refractivity contribution in [2.75, 3.05) is 0 Å². The second kappa shape index (κ2) is 3.09. The monoisotopic (exact) mass is 206 g/mol. The van der Waals surface area contributed by atoms with Crippen molar-refractivity contribution < 1.29 is 15.0 Å². The van der Waals surface area contributed by atoms with Crippen LogP contribution < -0.4 is 5.56 Å². The molecule has 2 rings (SSSR count). The normalized spacial score (nSPS) is 10.4. The van der Waals surface area contributed by atoms with Crippen molar-refractivity contribution in [2.45, 2.75) is 0 Å². The van der Waals surface area contributed by atoms with Gasteiger partial charge >= 0.3 is 11.5 Å². The molecule has 2 aromatic heterocycles. The van der Waals surface area contributed by atoms with Crippen LogP contribution in [0.2, 0.25) is 0 Å². The molecule has 0 bridgehead atoms. The Bertz CT molecular complexity index is 603. The van der Waals surface area contributed by atoms with E-state index in [4.69, 9.17) is 5.11 Å². The number of carbonyl (C=O) groups is 1. The Hall–Kier alpha value is -2.37. The lowest BCUT2D eigenvalue weighted by atomic mass is 10.3. The molecule has 0 unspecified atom stereocenters. The third kappa shape index (κ3) is 1.32. The number of aromatic hydroxyl groups is 1. The topological polar surface area (TPSA) is 91.9 Å². The van der Waals surface area contributed by atoms with E-state index in [9.17, 15) is 14.7 Å². The van der Waals surface area contributed by atoms with E-state index < -0.39 is 23.0 Å². The van der Waals surface area contributed by atoms with Crippen LogP contribution in [0.5, 0.6) is 5.75 Å². The summed E-state index contributed by atoms with van der Waals surface area (Å²) < 4.78 is 1.07. The fraction of sp³-hybridized carbons (Fsp3) is 0. The highest BCUT2D eigenvalue weighted by Crippen LogP contribution is 2.09. The zero-order valence-electron chi connectivity index (χ0n) is 7.41. The largest absolute Gasteiger partial charge is 0.501 e. The highest BCUT2D eigenvalue weighted by molar-refractivity contribution is 5.88. The van der Waals surface area contributed by atoms with Gasteiger partial charge < -0.3 is 10.2 Å². The Morgan fingerprint density at radius 3 is 2.80 bits per heavy atom. The van der Waals surface area contributed by atoms with Crippen molar-refractivity contribution in [1.29, 1.82) is 0 Å². The summed E-state index contributed by atoms with van der Waals surface area (Å²) in [5.41, 5.74) is -1.25. The molecule has 2 aromatic rings. The molecule has 76 valence electrons. The van der Waals surface area contributed by atoms with E-state index in [0.717, 1.165) is 4.40 Å². The molecule has 0 saturated heterocycles. The molecule has 0 aliphatic heterocycles. The quantitative estimate of drug-likeness (QED) is 0.690. The molecule has 0 aliphatic rings. The van der Waals surface area contributed by atoms with E-state index in [2.05, 4.69) is 4.98 Å². The van der Waals surface area contributed by atoms with Gasteiger partial charge in [-0.15, -0.1) is 0 Å². The summed E-state index contributed by atoms with van der Waals surface area (Å²) in [7, 11) is 0. The molecular weight excluding hydrogens is 200 g/mol. The first-order chi connectivity index (χ1) is 7.11. The van der Waals surface area contributed by atoms with Gasteiger partial charge in [0.2, 0.25) is 5.75 Å². The molecular formula is C9H6N2O4. The number of hydrogen-bond acceptors (Lipinski definition) is 4. The summed E-state index contributed by atoms with van der Waals surface area (Å²) >= 11 is 0. The molecule has 0 atom stereocenters. The third-order valence-corrected chi connectivity index (χ3v) is 1.91. The zero-order valence-corrected chi connectivity index (χ0v) is 7.41. The summed E-state index contributed by atoms with van der Waals surface area (Å²) in [5, 5.41) is 18.0. The Kier molecular flexibility index (Phi) is 1.89. The molecule has 0 amide bonds. The van der Waals surface area contributed by atoms with Gasteiger partial charge in [0.05, 0.1) is 0 Å². The lowest BCUT2D eigenvalue weighted by molar-refractivity contribution is 0.0686. The highest BCUT2D eigenvalue weighted by Gasteiger charge is 2.16. The van der Waals surface area contributed by atoms with E-state index in [1.54, 1.807) is 12.1 Å². The van der Waals surface area contributed by atoms with Crippen molar-refractivity contribution in [3.8, 4) is 5.75 Å². The summed E-state index contributed by atoms with van der Waals surface area (Å²) in [4.78, 5) is 25.8. The molecule has 6 heteroatoms. The molecule has 15 heavy (non-hydrogen) atoms. The molecule has 0 aliphatic carbocycles. The molecule has 2 heterocycles. The predicted molar refractivity (Wildman–Crippen MR) is 50.1 cm³/mol. The first kappa shape index (κ1) is 9.20.